The van der Waals surface area contributed by atoms with E-state index in [0.717, 1.165) is 25.9 Å². The van der Waals surface area contributed by atoms with E-state index in [1.807, 2.05) is 16.8 Å². The van der Waals surface area contributed by atoms with E-state index in [1.54, 1.807) is 17.2 Å². The molecule has 2 fully saturated rings. The van der Waals surface area contributed by atoms with Crippen LogP contribution in [0.25, 0.3) is 0 Å². The first-order valence-electron chi connectivity index (χ1n) is 7.44. The van der Waals surface area contributed by atoms with Crippen molar-refractivity contribution in [3.63, 3.8) is 0 Å². The summed E-state index contributed by atoms with van der Waals surface area (Å²) in [4.78, 5) is 32.5. The second-order valence-electron chi connectivity index (χ2n) is 5.72. The lowest BCUT2D eigenvalue weighted by atomic mass is 10.0. The lowest BCUT2D eigenvalue weighted by Gasteiger charge is -2.36. The SMILES string of the molecule is CN1CCN(C2CCN(c3ncccc3[N+](=O)[O-])CC2)C1=O. The molecule has 0 unspecified atom stereocenters. The number of nitrogens with zero attached hydrogens (tertiary/aromatic N) is 5. The molecule has 3 rings (SSSR count). The number of carbonyl (C=O) groups is 1. The Kier molecular flexibility index (Phi) is 3.82. The maximum Gasteiger partial charge on any atom is 0.320 e. The fourth-order valence-corrected chi connectivity index (χ4v) is 3.17. The molecule has 0 aliphatic carbocycles. The first kappa shape index (κ1) is 14.6. The highest BCUT2D eigenvalue weighted by atomic mass is 16.6. The highest BCUT2D eigenvalue weighted by Gasteiger charge is 2.34. The molecule has 0 N–H and O–H groups in total. The van der Waals surface area contributed by atoms with Gasteiger partial charge in [-0.2, -0.15) is 0 Å². The maximum atomic E-state index is 12.0. The molecule has 8 heteroatoms. The second kappa shape index (κ2) is 5.78. The lowest BCUT2D eigenvalue weighted by molar-refractivity contribution is -0.384. The van der Waals surface area contributed by atoms with Crippen LogP contribution in [-0.4, -0.2) is 65.0 Å². The van der Waals surface area contributed by atoms with E-state index >= 15 is 0 Å². The standard InChI is InChI=1S/C14H19N5O3/c1-16-9-10-18(14(16)20)11-4-7-17(8-5-11)13-12(19(21)22)3-2-6-15-13/h2-3,6,11H,4-5,7-10H2,1H3. The smallest absolute Gasteiger partial charge is 0.320 e. The molecule has 22 heavy (non-hydrogen) atoms. The Hall–Kier alpha value is -2.38. The molecule has 2 saturated heterocycles. The van der Waals surface area contributed by atoms with Gasteiger partial charge in [0.05, 0.1) is 4.92 Å². The molecule has 118 valence electrons. The summed E-state index contributed by atoms with van der Waals surface area (Å²) in [5, 5.41) is 11.1. The summed E-state index contributed by atoms with van der Waals surface area (Å²) in [5.74, 6) is 0.427. The quantitative estimate of drug-likeness (QED) is 0.621. The first-order valence-corrected chi connectivity index (χ1v) is 7.44. The van der Waals surface area contributed by atoms with E-state index in [9.17, 15) is 14.9 Å². The molecule has 0 radical (unpaired) electrons. The number of rotatable bonds is 3. The van der Waals surface area contributed by atoms with Crippen molar-refractivity contribution in [2.75, 3.05) is 38.1 Å². The van der Waals surface area contributed by atoms with Crippen LogP contribution in [0.1, 0.15) is 12.8 Å². The van der Waals surface area contributed by atoms with Crippen LogP contribution in [0.3, 0.4) is 0 Å². The predicted octanol–water partition coefficient (Wildman–Crippen LogP) is 1.33. The van der Waals surface area contributed by atoms with Crippen LogP contribution < -0.4 is 4.90 Å². The van der Waals surface area contributed by atoms with Crippen molar-refractivity contribution in [1.29, 1.82) is 0 Å². The lowest BCUT2D eigenvalue weighted by Crippen LogP contribution is -2.46. The number of nitro groups is 1. The van der Waals surface area contributed by atoms with E-state index in [0.29, 0.717) is 18.9 Å². The molecule has 2 aliphatic rings. The Labute approximate surface area is 128 Å². The molecule has 0 bridgehead atoms. The summed E-state index contributed by atoms with van der Waals surface area (Å²) >= 11 is 0. The highest BCUT2D eigenvalue weighted by Crippen LogP contribution is 2.29. The molecule has 1 aromatic rings. The third kappa shape index (κ3) is 2.56. The van der Waals surface area contributed by atoms with Crippen LogP contribution in [0.4, 0.5) is 16.3 Å². The number of pyridine rings is 1. The third-order valence-corrected chi connectivity index (χ3v) is 4.42. The molecule has 2 amide bonds. The minimum atomic E-state index is -0.395. The molecule has 1 aromatic heterocycles. The molecule has 3 heterocycles. The number of piperidine rings is 1. The first-order chi connectivity index (χ1) is 10.6. The Morgan fingerprint density at radius 1 is 1.27 bits per heavy atom. The fraction of sp³-hybridized carbons (Fsp3) is 0.571. The van der Waals surface area contributed by atoms with E-state index in [2.05, 4.69) is 4.98 Å². The average Bonchev–Trinajstić information content (AvgIpc) is 2.87. The summed E-state index contributed by atoms with van der Waals surface area (Å²) in [6.07, 6.45) is 3.20. The molecule has 8 nitrogen and oxygen atoms in total. The summed E-state index contributed by atoms with van der Waals surface area (Å²) in [6.45, 7) is 2.89. The number of likely N-dealkylation sites (N-methyl/N-ethyl adjacent to an activating group) is 1. The van der Waals surface area contributed by atoms with Crippen LogP contribution in [0, 0.1) is 10.1 Å². The van der Waals surface area contributed by atoms with Gasteiger partial charge in [-0.15, -0.1) is 0 Å². The average molecular weight is 305 g/mol. The zero-order valence-electron chi connectivity index (χ0n) is 12.5. The van der Waals surface area contributed by atoms with Crippen molar-refractivity contribution < 1.29 is 9.72 Å². The van der Waals surface area contributed by atoms with E-state index < -0.39 is 4.92 Å². The van der Waals surface area contributed by atoms with Gasteiger partial charge in [-0.05, 0) is 18.9 Å². The van der Waals surface area contributed by atoms with E-state index in [4.69, 9.17) is 0 Å². The van der Waals surface area contributed by atoms with Gasteiger partial charge in [0.15, 0.2) is 0 Å². The van der Waals surface area contributed by atoms with Crippen LogP contribution in [0.2, 0.25) is 0 Å². The van der Waals surface area contributed by atoms with Gasteiger partial charge in [-0.1, -0.05) is 0 Å². The van der Waals surface area contributed by atoms with Crippen LogP contribution >= 0.6 is 0 Å². The van der Waals surface area contributed by atoms with Gasteiger partial charge in [0, 0.05) is 51.5 Å². The Morgan fingerprint density at radius 2 is 2.00 bits per heavy atom. The Morgan fingerprint density at radius 3 is 2.59 bits per heavy atom. The second-order valence-corrected chi connectivity index (χ2v) is 5.72. The summed E-state index contributed by atoms with van der Waals surface area (Å²) in [5.41, 5.74) is 0.0398. The summed E-state index contributed by atoms with van der Waals surface area (Å²) < 4.78 is 0. The van der Waals surface area contributed by atoms with Gasteiger partial charge >= 0.3 is 11.7 Å². The number of hydrogen-bond donors (Lipinski definition) is 0. The van der Waals surface area contributed by atoms with Crippen molar-refractivity contribution >= 4 is 17.5 Å². The van der Waals surface area contributed by atoms with E-state index in [1.165, 1.54) is 6.07 Å². The number of urea groups is 1. The number of amides is 2. The zero-order chi connectivity index (χ0) is 15.7. The van der Waals surface area contributed by atoms with Gasteiger partial charge in [-0.25, -0.2) is 9.78 Å². The Balaban J connectivity index is 1.68. The minimum absolute atomic E-state index is 0.0398. The highest BCUT2D eigenvalue weighted by molar-refractivity contribution is 5.76. The topological polar surface area (TPSA) is 82.8 Å². The van der Waals surface area contributed by atoms with Gasteiger partial charge in [0.2, 0.25) is 5.82 Å². The minimum Gasteiger partial charge on any atom is -0.351 e. The predicted molar refractivity (Wildman–Crippen MR) is 80.9 cm³/mol. The van der Waals surface area contributed by atoms with Crippen molar-refractivity contribution in [1.82, 2.24) is 14.8 Å². The van der Waals surface area contributed by atoms with Crippen molar-refractivity contribution in [3.05, 3.63) is 28.4 Å². The molecular formula is C14H19N5O3. The summed E-state index contributed by atoms with van der Waals surface area (Å²) in [6, 6.07) is 3.36. The summed E-state index contributed by atoms with van der Waals surface area (Å²) in [7, 11) is 1.81. The van der Waals surface area contributed by atoms with Crippen LogP contribution in [-0.2, 0) is 0 Å². The third-order valence-electron chi connectivity index (χ3n) is 4.42. The zero-order valence-corrected chi connectivity index (χ0v) is 12.5. The molecule has 0 aromatic carbocycles. The van der Waals surface area contributed by atoms with Gasteiger partial charge in [0.1, 0.15) is 0 Å². The monoisotopic (exact) mass is 305 g/mol. The van der Waals surface area contributed by atoms with Gasteiger partial charge in [-0.3, -0.25) is 10.1 Å². The molecule has 0 spiro atoms. The number of hydrogen-bond acceptors (Lipinski definition) is 5. The normalized spacial score (nSPS) is 19.9. The largest absolute Gasteiger partial charge is 0.351 e. The van der Waals surface area contributed by atoms with Crippen LogP contribution in [0.15, 0.2) is 18.3 Å². The van der Waals surface area contributed by atoms with Crippen LogP contribution in [0.5, 0.6) is 0 Å². The number of aromatic nitrogens is 1. The van der Waals surface area contributed by atoms with Gasteiger partial charge in [0.25, 0.3) is 0 Å². The molecular weight excluding hydrogens is 286 g/mol. The van der Waals surface area contributed by atoms with E-state index in [-0.39, 0.29) is 17.8 Å². The van der Waals surface area contributed by atoms with Crippen molar-refractivity contribution in [2.45, 2.75) is 18.9 Å². The fourth-order valence-electron chi connectivity index (χ4n) is 3.17. The Bertz CT molecular complexity index is 586. The van der Waals surface area contributed by atoms with Gasteiger partial charge < -0.3 is 14.7 Å². The molecule has 0 atom stereocenters. The number of anilines is 1. The van der Waals surface area contributed by atoms with Crippen molar-refractivity contribution in [2.24, 2.45) is 0 Å². The van der Waals surface area contributed by atoms with Crippen molar-refractivity contribution in [3.8, 4) is 0 Å². The molecule has 0 saturated carbocycles. The molecule has 2 aliphatic heterocycles. The number of carbonyl (C=O) groups excluding carboxylic acids is 1. The maximum absolute atomic E-state index is 12.0.